The Morgan fingerprint density at radius 3 is 2.59 bits per heavy atom. The van der Waals surface area contributed by atoms with Crippen LogP contribution in [0.25, 0.3) is 11.0 Å². The van der Waals surface area contributed by atoms with Gasteiger partial charge in [-0.15, -0.1) is 0 Å². The van der Waals surface area contributed by atoms with Crippen LogP contribution in [0.1, 0.15) is 39.7 Å². The van der Waals surface area contributed by atoms with Gasteiger partial charge in [-0.25, -0.2) is 0 Å². The van der Waals surface area contributed by atoms with Gasteiger partial charge in [0.05, 0.1) is 24.1 Å². The number of carbonyl (C=O) groups excluding carboxylic acids is 1. The van der Waals surface area contributed by atoms with Crippen LogP contribution in [-0.4, -0.2) is 36.2 Å². The molecule has 1 aliphatic rings. The van der Waals surface area contributed by atoms with Crippen LogP contribution in [0.4, 0.5) is 0 Å². The van der Waals surface area contributed by atoms with E-state index in [9.17, 15) is 14.7 Å². The fraction of sp³-hybridized carbons (Fsp3) is 0.273. The average molecular weight is 414 g/mol. The number of aryl methyl sites for hydroxylation is 1. The number of hydrogen-bond acceptors (Lipinski definition) is 5. The molecule has 0 spiro atoms. The van der Waals surface area contributed by atoms with Gasteiger partial charge in [-0.3, -0.25) is 9.59 Å². The molecular weight excluding hydrogens is 394 g/mol. The number of aliphatic hydroxyl groups is 1. The van der Waals surface area contributed by atoms with Crippen molar-refractivity contribution in [3.05, 3.63) is 74.1 Å². The molecule has 4 rings (SSSR count). The molecule has 1 N–H and O–H groups in total. The Labute approximate surface area is 172 Å². The largest absolute Gasteiger partial charge is 0.497 e. The molecule has 1 amide bonds. The van der Waals surface area contributed by atoms with Crippen molar-refractivity contribution in [3.63, 3.8) is 0 Å². The number of aliphatic hydroxyl groups excluding tert-OH is 1. The summed E-state index contributed by atoms with van der Waals surface area (Å²) in [6.07, 6.45) is 0.394. The van der Waals surface area contributed by atoms with Gasteiger partial charge in [0.1, 0.15) is 11.3 Å². The van der Waals surface area contributed by atoms with Gasteiger partial charge in [-0.05, 0) is 48.7 Å². The molecule has 0 radical (unpaired) electrons. The summed E-state index contributed by atoms with van der Waals surface area (Å²) >= 11 is 6.22. The van der Waals surface area contributed by atoms with E-state index < -0.39 is 6.04 Å². The lowest BCUT2D eigenvalue weighted by Gasteiger charge is -2.25. The van der Waals surface area contributed by atoms with E-state index in [2.05, 4.69) is 0 Å². The average Bonchev–Trinajstić information content (AvgIpc) is 3.00. The molecule has 0 unspecified atom stereocenters. The number of methoxy groups -OCH3 is 1. The lowest BCUT2D eigenvalue weighted by atomic mass is 9.98. The number of carbonyl (C=O) groups is 1. The number of nitrogens with zero attached hydrogens (tertiary/aromatic N) is 1. The quantitative estimate of drug-likeness (QED) is 0.690. The van der Waals surface area contributed by atoms with Crippen molar-refractivity contribution in [3.8, 4) is 5.75 Å². The van der Waals surface area contributed by atoms with E-state index in [1.54, 1.807) is 36.3 Å². The third-order valence-electron chi connectivity index (χ3n) is 5.24. The van der Waals surface area contributed by atoms with E-state index in [0.29, 0.717) is 40.3 Å². The van der Waals surface area contributed by atoms with Gasteiger partial charge in [0.15, 0.2) is 5.43 Å². The first-order valence-corrected chi connectivity index (χ1v) is 9.66. The molecular formula is C22H20ClNO5. The second kappa shape index (κ2) is 7.54. The third-order valence-corrected chi connectivity index (χ3v) is 5.64. The van der Waals surface area contributed by atoms with E-state index in [4.69, 9.17) is 20.8 Å². The summed E-state index contributed by atoms with van der Waals surface area (Å²) in [5.74, 6) is 0.358. The maximum Gasteiger partial charge on any atom is 0.290 e. The number of halogens is 1. The Morgan fingerprint density at radius 2 is 1.93 bits per heavy atom. The van der Waals surface area contributed by atoms with E-state index >= 15 is 0 Å². The van der Waals surface area contributed by atoms with Crippen molar-refractivity contribution >= 4 is 28.5 Å². The second-order valence-electron chi connectivity index (χ2n) is 7.02. The van der Waals surface area contributed by atoms with Crippen LogP contribution >= 0.6 is 11.6 Å². The molecule has 0 bridgehead atoms. The summed E-state index contributed by atoms with van der Waals surface area (Å²) in [5, 5.41) is 10.1. The minimum absolute atomic E-state index is 0.0444. The van der Waals surface area contributed by atoms with Crippen LogP contribution in [0, 0.1) is 6.92 Å². The van der Waals surface area contributed by atoms with Crippen LogP contribution in [0.2, 0.25) is 5.02 Å². The SMILES string of the molecule is COc1ccc([C@H]2c3c(oc4cc(C)c(Cl)cc4c3=O)C(=O)N2CCCO)cc1. The number of benzene rings is 2. The van der Waals surface area contributed by atoms with Gasteiger partial charge >= 0.3 is 0 Å². The number of ether oxygens (including phenoxy) is 1. The van der Waals surface area contributed by atoms with Gasteiger partial charge < -0.3 is 19.2 Å². The predicted molar refractivity (Wildman–Crippen MR) is 110 cm³/mol. The molecule has 0 saturated heterocycles. The highest BCUT2D eigenvalue weighted by atomic mass is 35.5. The standard InChI is InChI=1S/C22H20ClNO5/c1-12-10-17-15(11-16(12)23)20(26)18-19(13-4-6-14(28-2)7-5-13)24(8-3-9-25)22(27)21(18)29-17/h4-7,10-11,19,25H,3,8-9H2,1-2H3/t19-/m0/s1. The highest BCUT2D eigenvalue weighted by molar-refractivity contribution is 6.32. The van der Waals surface area contributed by atoms with Crippen molar-refractivity contribution in [1.29, 1.82) is 0 Å². The first-order chi connectivity index (χ1) is 14.0. The summed E-state index contributed by atoms with van der Waals surface area (Å²) < 4.78 is 11.1. The van der Waals surface area contributed by atoms with Gasteiger partial charge in [-0.1, -0.05) is 23.7 Å². The molecule has 150 valence electrons. The highest BCUT2D eigenvalue weighted by Crippen LogP contribution is 2.39. The molecule has 6 nitrogen and oxygen atoms in total. The van der Waals surface area contributed by atoms with Crippen LogP contribution in [0.5, 0.6) is 5.75 Å². The smallest absolute Gasteiger partial charge is 0.290 e. The predicted octanol–water partition coefficient (Wildman–Crippen LogP) is 3.69. The zero-order valence-electron chi connectivity index (χ0n) is 16.1. The minimum Gasteiger partial charge on any atom is -0.497 e. The Kier molecular flexibility index (Phi) is 5.06. The summed E-state index contributed by atoms with van der Waals surface area (Å²) in [5.41, 5.74) is 1.88. The van der Waals surface area contributed by atoms with Crippen molar-refractivity contribution in [2.45, 2.75) is 19.4 Å². The number of rotatable bonds is 5. The highest BCUT2D eigenvalue weighted by Gasteiger charge is 2.42. The zero-order valence-corrected chi connectivity index (χ0v) is 16.8. The molecule has 7 heteroatoms. The molecule has 1 aliphatic heterocycles. The van der Waals surface area contributed by atoms with Gasteiger partial charge in [0, 0.05) is 18.2 Å². The lowest BCUT2D eigenvalue weighted by molar-refractivity contribution is 0.0716. The monoisotopic (exact) mass is 413 g/mol. The molecule has 1 aromatic heterocycles. The molecule has 1 atom stereocenters. The maximum absolute atomic E-state index is 13.4. The molecule has 2 aromatic carbocycles. The second-order valence-corrected chi connectivity index (χ2v) is 7.43. The van der Waals surface area contributed by atoms with Gasteiger partial charge in [0.25, 0.3) is 5.91 Å². The Balaban J connectivity index is 1.95. The van der Waals surface area contributed by atoms with Crippen LogP contribution in [0.15, 0.2) is 45.6 Å². The van der Waals surface area contributed by atoms with E-state index in [1.807, 2.05) is 19.1 Å². The molecule has 29 heavy (non-hydrogen) atoms. The zero-order chi connectivity index (χ0) is 20.7. The summed E-state index contributed by atoms with van der Waals surface area (Å²) in [6, 6.07) is 9.87. The Bertz CT molecular complexity index is 1150. The first-order valence-electron chi connectivity index (χ1n) is 9.29. The Morgan fingerprint density at radius 1 is 1.21 bits per heavy atom. The topological polar surface area (TPSA) is 80.0 Å². The Hall–Kier alpha value is -2.83. The van der Waals surface area contributed by atoms with Crippen molar-refractivity contribution in [1.82, 2.24) is 4.90 Å². The van der Waals surface area contributed by atoms with Crippen LogP contribution < -0.4 is 10.2 Å². The van der Waals surface area contributed by atoms with Gasteiger partial charge in [-0.2, -0.15) is 0 Å². The van der Waals surface area contributed by atoms with Gasteiger partial charge in [0.2, 0.25) is 5.76 Å². The van der Waals surface area contributed by atoms with Crippen molar-refractivity contribution in [2.24, 2.45) is 0 Å². The molecule has 3 aromatic rings. The fourth-order valence-electron chi connectivity index (χ4n) is 3.75. The summed E-state index contributed by atoms with van der Waals surface area (Å²) in [6.45, 7) is 2.05. The first kappa shape index (κ1) is 19.5. The minimum atomic E-state index is -0.601. The molecule has 2 heterocycles. The van der Waals surface area contributed by atoms with Crippen LogP contribution in [0.3, 0.4) is 0 Å². The number of hydrogen-bond donors (Lipinski definition) is 1. The van der Waals surface area contributed by atoms with E-state index in [-0.39, 0.29) is 23.7 Å². The normalized spacial score (nSPS) is 15.8. The van der Waals surface area contributed by atoms with E-state index in [0.717, 1.165) is 11.1 Å². The third kappa shape index (κ3) is 3.18. The van der Waals surface area contributed by atoms with Crippen molar-refractivity contribution in [2.75, 3.05) is 20.3 Å². The van der Waals surface area contributed by atoms with E-state index in [1.165, 1.54) is 0 Å². The lowest BCUT2D eigenvalue weighted by Crippen LogP contribution is -2.31. The number of fused-ring (bicyclic) bond motifs is 2. The fourth-order valence-corrected chi connectivity index (χ4v) is 3.91. The molecule has 0 aliphatic carbocycles. The number of amides is 1. The molecule has 0 saturated carbocycles. The van der Waals surface area contributed by atoms with Crippen LogP contribution in [-0.2, 0) is 0 Å². The summed E-state index contributed by atoms with van der Waals surface area (Å²) in [4.78, 5) is 28.1. The maximum atomic E-state index is 13.4. The summed E-state index contributed by atoms with van der Waals surface area (Å²) in [7, 11) is 1.57. The van der Waals surface area contributed by atoms with Crippen molar-refractivity contribution < 1.29 is 19.1 Å². The molecule has 0 fully saturated rings.